The number of nitrogens with zero attached hydrogens (tertiary/aromatic N) is 2. The van der Waals surface area contributed by atoms with Gasteiger partial charge in [-0.15, -0.1) is 0 Å². The summed E-state index contributed by atoms with van der Waals surface area (Å²) in [6, 6.07) is 13.0. The number of carbonyl (C=O) groups excluding carboxylic acids is 1. The van der Waals surface area contributed by atoms with Gasteiger partial charge in [0.2, 0.25) is 0 Å². The second-order valence-corrected chi connectivity index (χ2v) is 5.95. The van der Waals surface area contributed by atoms with E-state index in [0.29, 0.717) is 44.1 Å². The maximum absolute atomic E-state index is 12.7. The Hall–Kier alpha value is -2.44. The molecule has 1 aromatic carbocycles. The Bertz CT molecular complexity index is 757. The van der Waals surface area contributed by atoms with Crippen molar-refractivity contribution in [3.63, 3.8) is 0 Å². The molecule has 3 heterocycles. The lowest BCUT2D eigenvalue weighted by Gasteiger charge is -2.21. The van der Waals surface area contributed by atoms with Gasteiger partial charge in [0.15, 0.2) is 0 Å². The molecule has 24 heavy (non-hydrogen) atoms. The van der Waals surface area contributed by atoms with Crippen LogP contribution in [0.1, 0.15) is 17.7 Å². The zero-order valence-electron chi connectivity index (χ0n) is 13.1. The van der Waals surface area contributed by atoms with Gasteiger partial charge in [-0.2, -0.15) is 0 Å². The standard InChI is InChI=1S/C18H18N2O4/c21-15-6-7-16(19-14(15)12-13-4-2-1-3-5-13)20-9-8-18(17(20)22)23-10-11-24-18/h1-7,21H,8-12H2. The van der Waals surface area contributed by atoms with Crippen molar-refractivity contribution >= 4 is 11.7 Å². The molecule has 0 bridgehead atoms. The average Bonchev–Trinajstić information content (AvgIpc) is 3.20. The summed E-state index contributed by atoms with van der Waals surface area (Å²) in [5.41, 5.74) is 1.59. The number of rotatable bonds is 3. The number of aromatic hydroxyl groups is 1. The van der Waals surface area contributed by atoms with Crippen molar-refractivity contribution < 1.29 is 19.4 Å². The third kappa shape index (κ3) is 2.53. The summed E-state index contributed by atoms with van der Waals surface area (Å²) in [6.45, 7) is 1.35. The van der Waals surface area contributed by atoms with Crippen molar-refractivity contribution in [2.45, 2.75) is 18.6 Å². The predicted octanol–water partition coefficient (Wildman–Crippen LogP) is 1.86. The van der Waals surface area contributed by atoms with E-state index in [1.54, 1.807) is 17.0 Å². The molecule has 2 aliphatic heterocycles. The Kier molecular flexibility index (Phi) is 3.70. The van der Waals surface area contributed by atoms with Crippen LogP contribution in [0, 0.1) is 0 Å². The SMILES string of the molecule is O=C1N(c2ccc(O)c(Cc3ccccc3)n2)CCC12OCCO2. The van der Waals surface area contributed by atoms with Crippen LogP contribution in [0.2, 0.25) is 0 Å². The molecule has 6 nitrogen and oxygen atoms in total. The van der Waals surface area contributed by atoms with Crippen LogP contribution in [0.5, 0.6) is 5.75 Å². The zero-order chi connectivity index (χ0) is 16.6. The summed E-state index contributed by atoms with van der Waals surface area (Å²) >= 11 is 0. The molecule has 2 fully saturated rings. The van der Waals surface area contributed by atoms with Crippen LogP contribution in [0.3, 0.4) is 0 Å². The first-order chi connectivity index (χ1) is 11.7. The smallest absolute Gasteiger partial charge is 0.288 e. The average molecular weight is 326 g/mol. The molecule has 124 valence electrons. The number of hydrogen-bond donors (Lipinski definition) is 1. The number of amides is 1. The quantitative estimate of drug-likeness (QED) is 0.932. The number of ether oxygens (including phenoxy) is 2. The van der Waals surface area contributed by atoms with E-state index < -0.39 is 5.79 Å². The molecule has 0 atom stereocenters. The lowest BCUT2D eigenvalue weighted by Crippen LogP contribution is -2.41. The van der Waals surface area contributed by atoms with Crippen molar-refractivity contribution in [1.82, 2.24) is 4.98 Å². The van der Waals surface area contributed by atoms with E-state index in [4.69, 9.17) is 9.47 Å². The molecule has 4 rings (SSSR count). The zero-order valence-corrected chi connectivity index (χ0v) is 13.1. The summed E-state index contributed by atoms with van der Waals surface area (Å²) < 4.78 is 11.0. The minimum atomic E-state index is -1.14. The molecule has 2 saturated heterocycles. The Morgan fingerprint density at radius 3 is 2.62 bits per heavy atom. The van der Waals surface area contributed by atoms with E-state index in [2.05, 4.69) is 4.98 Å². The third-order valence-corrected chi connectivity index (χ3v) is 4.42. The van der Waals surface area contributed by atoms with E-state index in [1.807, 2.05) is 30.3 Å². The molecule has 0 aliphatic carbocycles. The Labute approximate surface area is 139 Å². The number of carbonyl (C=O) groups is 1. The molecule has 0 unspecified atom stereocenters. The van der Waals surface area contributed by atoms with Crippen LogP contribution in [0.15, 0.2) is 42.5 Å². The van der Waals surface area contributed by atoms with E-state index in [0.717, 1.165) is 5.56 Å². The minimum absolute atomic E-state index is 0.123. The van der Waals surface area contributed by atoms with Gasteiger partial charge in [0, 0.05) is 19.4 Å². The first-order valence-corrected chi connectivity index (χ1v) is 8.01. The van der Waals surface area contributed by atoms with Crippen LogP contribution < -0.4 is 4.90 Å². The number of pyridine rings is 1. The van der Waals surface area contributed by atoms with Crippen molar-refractivity contribution in [2.75, 3.05) is 24.7 Å². The van der Waals surface area contributed by atoms with Crippen molar-refractivity contribution in [2.24, 2.45) is 0 Å². The van der Waals surface area contributed by atoms with E-state index in [-0.39, 0.29) is 11.7 Å². The van der Waals surface area contributed by atoms with Crippen molar-refractivity contribution in [3.8, 4) is 5.75 Å². The van der Waals surface area contributed by atoms with Crippen LogP contribution in [-0.2, 0) is 20.7 Å². The number of aromatic nitrogens is 1. The maximum Gasteiger partial charge on any atom is 0.288 e. The molecule has 6 heteroatoms. The highest BCUT2D eigenvalue weighted by molar-refractivity contribution is 6.00. The van der Waals surface area contributed by atoms with Gasteiger partial charge in [0.1, 0.15) is 11.6 Å². The molecule has 2 aliphatic rings. The summed E-state index contributed by atoms with van der Waals surface area (Å²) in [6.07, 6.45) is 0.989. The molecule has 0 radical (unpaired) electrons. The van der Waals surface area contributed by atoms with Crippen molar-refractivity contribution in [3.05, 3.63) is 53.7 Å². The van der Waals surface area contributed by atoms with Crippen LogP contribution in [0.25, 0.3) is 0 Å². The van der Waals surface area contributed by atoms with E-state index >= 15 is 0 Å². The first-order valence-electron chi connectivity index (χ1n) is 8.01. The Morgan fingerprint density at radius 2 is 1.88 bits per heavy atom. The Balaban J connectivity index is 1.60. The van der Waals surface area contributed by atoms with Gasteiger partial charge in [-0.25, -0.2) is 4.98 Å². The summed E-state index contributed by atoms with van der Waals surface area (Å²) in [5, 5.41) is 10.1. The van der Waals surface area contributed by atoms with Gasteiger partial charge in [-0.1, -0.05) is 30.3 Å². The molecule has 1 spiro atoms. The lowest BCUT2D eigenvalue weighted by atomic mass is 10.1. The van der Waals surface area contributed by atoms with Crippen LogP contribution in [-0.4, -0.2) is 41.5 Å². The van der Waals surface area contributed by atoms with Gasteiger partial charge in [-0.3, -0.25) is 9.69 Å². The molecule has 2 aromatic rings. The Morgan fingerprint density at radius 1 is 1.12 bits per heavy atom. The highest BCUT2D eigenvalue weighted by Gasteiger charge is 2.52. The number of hydrogen-bond acceptors (Lipinski definition) is 5. The molecular weight excluding hydrogens is 308 g/mol. The second-order valence-electron chi connectivity index (χ2n) is 5.95. The molecule has 1 amide bonds. The normalized spacial score (nSPS) is 19.3. The maximum atomic E-state index is 12.7. The van der Waals surface area contributed by atoms with E-state index in [1.165, 1.54) is 0 Å². The third-order valence-electron chi connectivity index (χ3n) is 4.42. The van der Waals surface area contributed by atoms with Gasteiger partial charge in [-0.05, 0) is 17.7 Å². The van der Waals surface area contributed by atoms with Gasteiger partial charge < -0.3 is 14.6 Å². The van der Waals surface area contributed by atoms with Gasteiger partial charge >= 0.3 is 0 Å². The van der Waals surface area contributed by atoms with Crippen molar-refractivity contribution in [1.29, 1.82) is 0 Å². The molecule has 1 N–H and O–H groups in total. The highest BCUT2D eigenvalue weighted by atomic mass is 16.7. The van der Waals surface area contributed by atoms with Gasteiger partial charge in [0.25, 0.3) is 11.7 Å². The molecule has 1 aromatic heterocycles. The van der Waals surface area contributed by atoms with E-state index in [9.17, 15) is 9.90 Å². The molecule has 0 saturated carbocycles. The summed E-state index contributed by atoms with van der Waals surface area (Å²) in [7, 11) is 0. The minimum Gasteiger partial charge on any atom is -0.506 e. The highest BCUT2D eigenvalue weighted by Crippen LogP contribution is 2.35. The van der Waals surface area contributed by atoms with Crippen LogP contribution in [0.4, 0.5) is 5.82 Å². The second kappa shape index (κ2) is 5.89. The summed E-state index contributed by atoms with van der Waals surface area (Å²) in [5.74, 6) is -0.722. The fourth-order valence-electron chi connectivity index (χ4n) is 3.17. The van der Waals surface area contributed by atoms with Gasteiger partial charge in [0.05, 0.1) is 18.9 Å². The summed E-state index contributed by atoms with van der Waals surface area (Å²) in [4.78, 5) is 18.7. The predicted molar refractivity (Wildman–Crippen MR) is 86.8 cm³/mol. The van der Waals surface area contributed by atoms with Crippen LogP contribution >= 0.6 is 0 Å². The topological polar surface area (TPSA) is 71.9 Å². The number of anilines is 1. The fourth-order valence-corrected chi connectivity index (χ4v) is 3.17. The lowest BCUT2D eigenvalue weighted by molar-refractivity contribution is -0.173. The molecular formula is C18H18N2O4. The first kappa shape index (κ1) is 15.1. The largest absolute Gasteiger partial charge is 0.506 e. The number of benzene rings is 1. The fraction of sp³-hybridized carbons (Fsp3) is 0.333. The monoisotopic (exact) mass is 326 g/mol.